The molecule has 4 heteroatoms. The van der Waals surface area contributed by atoms with Gasteiger partial charge in [0.2, 0.25) is 0 Å². The minimum atomic E-state index is -0.252. The third kappa shape index (κ3) is 2.99. The van der Waals surface area contributed by atoms with Gasteiger partial charge in [0.15, 0.2) is 0 Å². The van der Waals surface area contributed by atoms with Gasteiger partial charge in [0.25, 0.3) is 5.91 Å². The molecule has 0 fully saturated rings. The lowest BCUT2D eigenvalue weighted by Gasteiger charge is -2.11. The molecule has 4 nitrogen and oxygen atoms in total. The second-order valence-electron chi connectivity index (χ2n) is 5.05. The van der Waals surface area contributed by atoms with Crippen LogP contribution >= 0.6 is 0 Å². The number of nitriles is 1. The van der Waals surface area contributed by atoms with Crippen molar-refractivity contribution < 1.29 is 9.53 Å². The summed E-state index contributed by atoms with van der Waals surface area (Å²) in [4.78, 5) is 12.5. The molecule has 0 aromatic heterocycles. The molecular formula is C19H14N2O2. The highest BCUT2D eigenvalue weighted by molar-refractivity contribution is 6.08. The van der Waals surface area contributed by atoms with E-state index >= 15 is 0 Å². The Morgan fingerprint density at radius 2 is 1.83 bits per heavy atom. The summed E-state index contributed by atoms with van der Waals surface area (Å²) in [5.41, 5.74) is 1.70. The van der Waals surface area contributed by atoms with Gasteiger partial charge < -0.3 is 10.1 Å². The Morgan fingerprint density at radius 3 is 2.52 bits per heavy atom. The number of nitrogens with zero attached hydrogens (tertiary/aromatic N) is 1. The van der Waals surface area contributed by atoms with Gasteiger partial charge >= 0.3 is 0 Å². The van der Waals surface area contributed by atoms with Crippen molar-refractivity contribution in [1.29, 1.82) is 5.26 Å². The molecule has 0 spiro atoms. The van der Waals surface area contributed by atoms with Crippen LogP contribution in [-0.2, 0) is 0 Å². The number of carbonyl (C=O) groups is 1. The van der Waals surface area contributed by atoms with Crippen molar-refractivity contribution in [3.8, 4) is 11.8 Å². The quantitative estimate of drug-likeness (QED) is 0.796. The van der Waals surface area contributed by atoms with Crippen molar-refractivity contribution in [3.63, 3.8) is 0 Å². The Kier molecular flexibility index (Phi) is 3.94. The van der Waals surface area contributed by atoms with E-state index in [0.717, 1.165) is 10.8 Å². The Hall–Kier alpha value is -3.32. The van der Waals surface area contributed by atoms with Crippen LogP contribution in [0.1, 0.15) is 15.9 Å². The molecule has 0 heterocycles. The lowest BCUT2D eigenvalue weighted by Crippen LogP contribution is -2.13. The smallest absolute Gasteiger partial charge is 0.259 e. The van der Waals surface area contributed by atoms with Gasteiger partial charge in [-0.3, -0.25) is 4.79 Å². The first kappa shape index (κ1) is 14.6. The van der Waals surface area contributed by atoms with E-state index in [1.807, 2.05) is 36.4 Å². The number of nitrogens with one attached hydrogen (secondary N) is 1. The van der Waals surface area contributed by atoms with Crippen LogP contribution in [0.25, 0.3) is 10.8 Å². The molecular weight excluding hydrogens is 288 g/mol. The van der Waals surface area contributed by atoms with E-state index in [1.165, 1.54) is 7.11 Å². The normalized spacial score (nSPS) is 10.1. The van der Waals surface area contributed by atoms with Gasteiger partial charge in [-0.05, 0) is 47.2 Å². The number of rotatable bonds is 3. The summed E-state index contributed by atoms with van der Waals surface area (Å²) in [6.45, 7) is 0. The Morgan fingerprint density at radius 1 is 1.04 bits per heavy atom. The number of carbonyl (C=O) groups excluding carboxylic acids is 1. The molecule has 0 saturated carbocycles. The minimum Gasteiger partial charge on any atom is -0.496 e. The van der Waals surface area contributed by atoms with Crippen LogP contribution < -0.4 is 10.1 Å². The largest absolute Gasteiger partial charge is 0.496 e. The fourth-order valence-corrected chi connectivity index (χ4v) is 2.41. The zero-order valence-corrected chi connectivity index (χ0v) is 12.5. The van der Waals surface area contributed by atoms with Crippen LogP contribution in [0.3, 0.4) is 0 Å². The maximum atomic E-state index is 12.5. The number of benzene rings is 3. The number of hydrogen-bond donors (Lipinski definition) is 1. The number of methoxy groups -OCH3 is 1. The zero-order valence-electron chi connectivity index (χ0n) is 12.5. The molecule has 0 aliphatic heterocycles. The van der Waals surface area contributed by atoms with Crippen molar-refractivity contribution in [2.45, 2.75) is 0 Å². The molecule has 23 heavy (non-hydrogen) atoms. The highest BCUT2D eigenvalue weighted by atomic mass is 16.5. The average molecular weight is 302 g/mol. The summed E-state index contributed by atoms with van der Waals surface area (Å²) in [6.07, 6.45) is 0. The Bertz CT molecular complexity index is 912. The van der Waals surface area contributed by atoms with Crippen molar-refractivity contribution in [2.75, 3.05) is 12.4 Å². The van der Waals surface area contributed by atoms with Crippen molar-refractivity contribution in [3.05, 3.63) is 71.8 Å². The van der Waals surface area contributed by atoms with E-state index in [2.05, 4.69) is 11.4 Å². The standard InChI is InChI=1S/C19H14N2O2/c1-23-18-11-14-8-7-13(12-20)9-15(14)10-17(18)19(22)21-16-5-3-2-4-6-16/h2-11H,1H3,(H,21,22). The van der Waals surface area contributed by atoms with E-state index in [1.54, 1.807) is 24.3 Å². The Labute approximate surface area is 133 Å². The monoisotopic (exact) mass is 302 g/mol. The van der Waals surface area contributed by atoms with Gasteiger partial charge in [-0.25, -0.2) is 0 Å². The molecule has 3 rings (SSSR count). The van der Waals surface area contributed by atoms with E-state index in [9.17, 15) is 4.79 Å². The van der Waals surface area contributed by atoms with Gasteiger partial charge in [0.1, 0.15) is 5.75 Å². The van der Waals surface area contributed by atoms with E-state index in [0.29, 0.717) is 22.6 Å². The van der Waals surface area contributed by atoms with Crippen molar-refractivity contribution in [1.82, 2.24) is 0 Å². The SMILES string of the molecule is COc1cc2ccc(C#N)cc2cc1C(=O)Nc1ccccc1. The number of amides is 1. The highest BCUT2D eigenvalue weighted by Crippen LogP contribution is 2.27. The first-order valence-corrected chi connectivity index (χ1v) is 7.09. The van der Waals surface area contributed by atoms with Crippen LogP contribution in [-0.4, -0.2) is 13.0 Å². The second-order valence-corrected chi connectivity index (χ2v) is 5.05. The number of hydrogen-bond acceptors (Lipinski definition) is 3. The Balaban J connectivity index is 2.04. The van der Waals surface area contributed by atoms with Crippen LogP contribution in [0.4, 0.5) is 5.69 Å². The van der Waals surface area contributed by atoms with Gasteiger partial charge in [-0.15, -0.1) is 0 Å². The third-order valence-electron chi connectivity index (χ3n) is 3.56. The summed E-state index contributed by atoms with van der Waals surface area (Å²) in [7, 11) is 1.53. The summed E-state index contributed by atoms with van der Waals surface area (Å²) < 4.78 is 5.34. The highest BCUT2D eigenvalue weighted by Gasteiger charge is 2.14. The molecule has 0 radical (unpaired) electrons. The van der Waals surface area contributed by atoms with Crippen LogP contribution in [0, 0.1) is 11.3 Å². The predicted molar refractivity (Wildman–Crippen MR) is 89.6 cm³/mol. The molecule has 3 aromatic carbocycles. The topological polar surface area (TPSA) is 62.1 Å². The number of anilines is 1. The van der Waals surface area contributed by atoms with Crippen molar-refractivity contribution in [2.24, 2.45) is 0 Å². The summed E-state index contributed by atoms with van der Waals surface area (Å²) in [5, 5.41) is 13.6. The van der Waals surface area contributed by atoms with Gasteiger partial charge in [0.05, 0.1) is 24.3 Å². The molecule has 0 bridgehead atoms. The fourth-order valence-electron chi connectivity index (χ4n) is 2.41. The number of fused-ring (bicyclic) bond motifs is 1. The average Bonchev–Trinajstić information content (AvgIpc) is 2.60. The van der Waals surface area contributed by atoms with E-state index < -0.39 is 0 Å². The molecule has 0 aliphatic carbocycles. The molecule has 112 valence electrons. The summed E-state index contributed by atoms with van der Waals surface area (Å²) >= 11 is 0. The van der Waals surface area contributed by atoms with Gasteiger partial charge in [-0.2, -0.15) is 5.26 Å². The van der Waals surface area contributed by atoms with E-state index in [4.69, 9.17) is 10.00 Å². The third-order valence-corrected chi connectivity index (χ3v) is 3.56. The van der Waals surface area contributed by atoms with Gasteiger partial charge in [-0.1, -0.05) is 24.3 Å². The first-order chi connectivity index (χ1) is 11.2. The molecule has 0 unspecified atom stereocenters. The van der Waals surface area contributed by atoms with E-state index in [-0.39, 0.29) is 5.91 Å². The molecule has 3 aromatic rings. The lowest BCUT2D eigenvalue weighted by molar-refractivity contribution is 0.102. The molecule has 0 aliphatic rings. The predicted octanol–water partition coefficient (Wildman–Crippen LogP) is 3.97. The molecule has 0 atom stereocenters. The molecule has 1 N–H and O–H groups in total. The van der Waals surface area contributed by atoms with Crippen LogP contribution in [0.15, 0.2) is 60.7 Å². The maximum Gasteiger partial charge on any atom is 0.259 e. The first-order valence-electron chi connectivity index (χ1n) is 7.09. The van der Waals surface area contributed by atoms with Crippen molar-refractivity contribution >= 4 is 22.4 Å². The fraction of sp³-hybridized carbons (Fsp3) is 0.0526. The summed E-state index contributed by atoms with van der Waals surface area (Å²) in [5.74, 6) is 0.243. The second kappa shape index (κ2) is 6.20. The number of para-hydroxylation sites is 1. The van der Waals surface area contributed by atoms with Gasteiger partial charge in [0, 0.05) is 5.69 Å². The lowest BCUT2D eigenvalue weighted by atomic mass is 10.0. The minimum absolute atomic E-state index is 0.252. The zero-order chi connectivity index (χ0) is 16.2. The number of ether oxygens (including phenoxy) is 1. The molecule has 0 saturated heterocycles. The summed E-state index contributed by atoms with van der Waals surface area (Å²) in [6, 6.07) is 20.2. The van der Waals surface area contributed by atoms with Crippen LogP contribution in [0.5, 0.6) is 5.75 Å². The maximum absolute atomic E-state index is 12.5. The van der Waals surface area contributed by atoms with Crippen LogP contribution in [0.2, 0.25) is 0 Å². The molecule has 1 amide bonds.